The highest BCUT2D eigenvalue weighted by Crippen LogP contribution is 1.99. The summed E-state index contributed by atoms with van der Waals surface area (Å²) in [5.41, 5.74) is 0. The predicted octanol–water partition coefficient (Wildman–Crippen LogP) is -1.17. The summed E-state index contributed by atoms with van der Waals surface area (Å²) in [5.74, 6) is 0.130. The molecule has 1 N–H and O–H groups in total. The van der Waals surface area contributed by atoms with Crippen LogP contribution in [0.3, 0.4) is 0 Å². The van der Waals surface area contributed by atoms with E-state index in [-0.39, 0.29) is 5.91 Å². The number of carbonyl (C=O) groups excluding carboxylic acids is 2. The van der Waals surface area contributed by atoms with Gasteiger partial charge in [0.05, 0.1) is 6.54 Å². The number of nitrogens with zero attached hydrogens (tertiary/aromatic N) is 3. The number of hydrogen-bond acceptors (Lipinski definition) is 4. The molecule has 6 nitrogen and oxygen atoms in total. The highest BCUT2D eigenvalue weighted by molar-refractivity contribution is 5.78. The van der Waals surface area contributed by atoms with Crippen LogP contribution in [0, 0.1) is 0 Å². The van der Waals surface area contributed by atoms with Crippen molar-refractivity contribution in [2.24, 2.45) is 0 Å². The third kappa shape index (κ3) is 5.46. The van der Waals surface area contributed by atoms with Crippen molar-refractivity contribution in [1.82, 2.24) is 20.0 Å². The molecule has 0 atom stereocenters. The molecule has 0 radical (unpaired) electrons. The van der Waals surface area contributed by atoms with Gasteiger partial charge in [-0.15, -0.1) is 0 Å². The van der Waals surface area contributed by atoms with E-state index in [1.807, 2.05) is 19.0 Å². The molecule has 0 spiro atoms. The Bertz CT molecular complexity index is 263. The average molecular weight is 256 g/mol. The van der Waals surface area contributed by atoms with Gasteiger partial charge >= 0.3 is 0 Å². The Morgan fingerprint density at radius 2 is 1.94 bits per heavy atom. The Kier molecular flexibility index (Phi) is 6.67. The van der Waals surface area contributed by atoms with E-state index in [0.717, 1.165) is 25.9 Å². The molecule has 0 saturated carbocycles. The summed E-state index contributed by atoms with van der Waals surface area (Å²) in [4.78, 5) is 28.0. The van der Waals surface area contributed by atoms with E-state index in [9.17, 15) is 9.59 Å². The molecule has 0 aromatic carbocycles. The van der Waals surface area contributed by atoms with Gasteiger partial charge < -0.3 is 20.0 Å². The normalized spacial score (nSPS) is 16.2. The van der Waals surface area contributed by atoms with Gasteiger partial charge in [-0.2, -0.15) is 0 Å². The van der Waals surface area contributed by atoms with E-state index >= 15 is 0 Å². The highest BCUT2D eigenvalue weighted by atomic mass is 16.2. The molecule has 0 aromatic rings. The van der Waals surface area contributed by atoms with Gasteiger partial charge in [0.25, 0.3) is 0 Å². The maximum absolute atomic E-state index is 11.8. The van der Waals surface area contributed by atoms with E-state index in [4.69, 9.17) is 0 Å². The maximum atomic E-state index is 11.8. The fraction of sp³-hybridized carbons (Fsp3) is 0.833. The quantitative estimate of drug-likeness (QED) is 0.460. The summed E-state index contributed by atoms with van der Waals surface area (Å²) < 4.78 is 0. The second kappa shape index (κ2) is 8.05. The van der Waals surface area contributed by atoms with Crippen LogP contribution in [-0.2, 0) is 9.59 Å². The first kappa shape index (κ1) is 14.9. The second-order valence-corrected chi connectivity index (χ2v) is 4.86. The molecule has 0 bridgehead atoms. The van der Waals surface area contributed by atoms with E-state index in [2.05, 4.69) is 10.2 Å². The molecule has 0 aliphatic carbocycles. The van der Waals surface area contributed by atoms with Gasteiger partial charge in [-0.1, -0.05) is 0 Å². The molecule has 1 fully saturated rings. The van der Waals surface area contributed by atoms with Crippen molar-refractivity contribution in [3.8, 4) is 0 Å². The third-order valence-corrected chi connectivity index (χ3v) is 3.05. The van der Waals surface area contributed by atoms with Gasteiger partial charge in [0, 0.05) is 26.2 Å². The van der Waals surface area contributed by atoms with Gasteiger partial charge in [0.15, 0.2) is 0 Å². The largest absolute Gasteiger partial charge is 0.342 e. The Morgan fingerprint density at radius 3 is 2.50 bits per heavy atom. The standard InChI is InChI=1S/C12H24N4O2/c1-14(2)5-3-4-13-10-12(18)16-8-6-15(11-17)7-9-16/h11,13H,3-10H2,1-2H3. The lowest BCUT2D eigenvalue weighted by molar-refractivity contribution is -0.134. The topological polar surface area (TPSA) is 55.9 Å². The fourth-order valence-corrected chi connectivity index (χ4v) is 1.90. The van der Waals surface area contributed by atoms with E-state index in [0.29, 0.717) is 32.7 Å². The van der Waals surface area contributed by atoms with E-state index in [1.54, 1.807) is 4.90 Å². The monoisotopic (exact) mass is 256 g/mol. The van der Waals surface area contributed by atoms with Crippen LogP contribution in [0.2, 0.25) is 0 Å². The van der Waals surface area contributed by atoms with Crippen molar-refractivity contribution in [2.45, 2.75) is 6.42 Å². The second-order valence-electron chi connectivity index (χ2n) is 4.86. The minimum absolute atomic E-state index is 0.130. The lowest BCUT2D eigenvalue weighted by atomic mass is 10.3. The molecular weight excluding hydrogens is 232 g/mol. The van der Waals surface area contributed by atoms with Crippen LogP contribution in [0.5, 0.6) is 0 Å². The van der Waals surface area contributed by atoms with Crippen molar-refractivity contribution < 1.29 is 9.59 Å². The van der Waals surface area contributed by atoms with Gasteiger partial charge in [0.1, 0.15) is 0 Å². The predicted molar refractivity (Wildman–Crippen MR) is 70.3 cm³/mol. The molecular formula is C12H24N4O2. The summed E-state index contributed by atoms with van der Waals surface area (Å²) in [7, 11) is 4.08. The number of hydrogen-bond donors (Lipinski definition) is 1. The lowest BCUT2D eigenvalue weighted by Gasteiger charge is -2.32. The van der Waals surface area contributed by atoms with Crippen LogP contribution in [0.4, 0.5) is 0 Å². The van der Waals surface area contributed by atoms with Crippen molar-refractivity contribution in [1.29, 1.82) is 0 Å². The van der Waals surface area contributed by atoms with Gasteiger partial charge in [-0.25, -0.2) is 0 Å². The molecule has 0 aromatic heterocycles. The summed E-state index contributed by atoms with van der Waals surface area (Å²) >= 11 is 0. The SMILES string of the molecule is CN(C)CCCNCC(=O)N1CCN(C=O)CC1. The number of carbonyl (C=O) groups is 2. The van der Waals surface area contributed by atoms with Gasteiger partial charge in [-0.3, -0.25) is 9.59 Å². The Labute approximate surface area is 109 Å². The van der Waals surface area contributed by atoms with Crippen LogP contribution in [0.25, 0.3) is 0 Å². The maximum Gasteiger partial charge on any atom is 0.236 e. The summed E-state index contributed by atoms with van der Waals surface area (Å²) in [6.45, 7) is 4.88. The van der Waals surface area contributed by atoms with Gasteiger partial charge in [0.2, 0.25) is 12.3 Å². The first-order valence-corrected chi connectivity index (χ1v) is 6.46. The number of piperazine rings is 1. The minimum atomic E-state index is 0.130. The summed E-state index contributed by atoms with van der Waals surface area (Å²) in [6.07, 6.45) is 1.89. The lowest BCUT2D eigenvalue weighted by Crippen LogP contribution is -2.50. The zero-order chi connectivity index (χ0) is 13.4. The molecule has 18 heavy (non-hydrogen) atoms. The molecule has 1 aliphatic heterocycles. The third-order valence-electron chi connectivity index (χ3n) is 3.05. The van der Waals surface area contributed by atoms with Gasteiger partial charge in [-0.05, 0) is 33.6 Å². The van der Waals surface area contributed by atoms with Crippen LogP contribution < -0.4 is 5.32 Å². The molecule has 1 heterocycles. The smallest absolute Gasteiger partial charge is 0.236 e. The molecule has 1 saturated heterocycles. The molecule has 1 rings (SSSR count). The first-order chi connectivity index (χ1) is 8.63. The Balaban J connectivity index is 2.08. The number of rotatable bonds is 7. The molecule has 104 valence electrons. The van der Waals surface area contributed by atoms with Crippen molar-refractivity contribution in [3.63, 3.8) is 0 Å². The summed E-state index contributed by atoms with van der Waals surface area (Å²) in [6, 6.07) is 0. The Morgan fingerprint density at radius 1 is 1.28 bits per heavy atom. The first-order valence-electron chi connectivity index (χ1n) is 6.46. The molecule has 0 unspecified atom stereocenters. The Hall–Kier alpha value is -1.14. The van der Waals surface area contributed by atoms with Crippen molar-refractivity contribution in [2.75, 3.05) is 59.9 Å². The number of nitrogens with one attached hydrogen (secondary N) is 1. The van der Waals surface area contributed by atoms with Crippen LogP contribution >= 0.6 is 0 Å². The average Bonchev–Trinajstić information content (AvgIpc) is 2.38. The molecule has 2 amide bonds. The van der Waals surface area contributed by atoms with Crippen LogP contribution in [-0.4, -0.2) is 86.9 Å². The van der Waals surface area contributed by atoms with E-state index < -0.39 is 0 Å². The molecule has 1 aliphatic rings. The zero-order valence-corrected chi connectivity index (χ0v) is 11.4. The summed E-state index contributed by atoms with van der Waals surface area (Å²) in [5, 5.41) is 3.16. The molecule has 6 heteroatoms. The zero-order valence-electron chi connectivity index (χ0n) is 11.4. The van der Waals surface area contributed by atoms with E-state index in [1.165, 1.54) is 0 Å². The van der Waals surface area contributed by atoms with Crippen LogP contribution in [0.15, 0.2) is 0 Å². The highest BCUT2D eigenvalue weighted by Gasteiger charge is 2.19. The minimum Gasteiger partial charge on any atom is -0.342 e. The van der Waals surface area contributed by atoms with Crippen LogP contribution in [0.1, 0.15) is 6.42 Å². The van der Waals surface area contributed by atoms with Crippen molar-refractivity contribution >= 4 is 12.3 Å². The van der Waals surface area contributed by atoms with Crippen molar-refractivity contribution in [3.05, 3.63) is 0 Å². The number of amides is 2. The fourth-order valence-electron chi connectivity index (χ4n) is 1.90.